The number of aromatic nitrogens is 4. The Bertz CT molecular complexity index is 1090. The Morgan fingerprint density at radius 1 is 1.26 bits per heavy atom. The lowest BCUT2D eigenvalue weighted by molar-refractivity contribution is 0.0950. The van der Waals surface area contributed by atoms with Gasteiger partial charge in [0.2, 0.25) is 0 Å². The second-order valence-corrected chi connectivity index (χ2v) is 7.16. The summed E-state index contributed by atoms with van der Waals surface area (Å²) in [5.41, 5.74) is 3.40. The van der Waals surface area contributed by atoms with Crippen molar-refractivity contribution in [1.82, 2.24) is 25.3 Å². The van der Waals surface area contributed by atoms with Crippen molar-refractivity contribution in [3.63, 3.8) is 0 Å². The average Bonchev–Trinajstić information content (AvgIpc) is 3.33. The van der Waals surface area contributed by atoms with Crippen molar-refractivity contribution in [2.24, 2.45) is 0 Å². The number of nitrogens with zero attached hydrogens (tertiary/aromatic N) is 4. The lowest BCUT2D eigenvalue weighted by atomic mass is 10.2. The topological polar surface area (TPSA) is 93.8 Å². The molecule has 0 aliphatic heterocycles. The van der Waals surface area contributed by atoms with Crippen molar-refractivity contribution < 1.29 is 9.21 Å². The normalized spacial score (nSPS) is 11.2. The van der Waals surface area contributed by atoms with Gasteiger partial charge < -0.3 is 9.73 Å². The van der Waals surface area contributed by atoms with Crippen molar-refractivity contribution in [3.05, 3.63) is 59.3 Å². The molecule has 7 nitrogen and oxygen atoms in total. The van der Waals surface area contributed by atoms with Gasteiger partial charge in [-0.15, -0.1) is 11.3 Å². The fourth-order valence-electron chi connectivity index (χ4n) is 2.52. The molecule has 0 bridgehead atoms. The summed E-state index contributed by atoms with van der Waals surface area (Å²) in [4.78, 5) is 29.7. The largest absolute Gasteiger partial charge is 0.440 e. The predicted octanol–water partition coefficient (Wildman–Crippen LogP) is 3.79. The van der Waals surface area contributed by atoms with E-state index in [1.165, 1.54) is 11.3 Å². The molecular formula is C19H17N5O2S. The van der Waals surface area contributed by atoms with E-state index in [2.05, 4.69) is 25.3 Å². The second kappa shape index (κ2) is 7.24. The maximum atomic E-state index is 12.5. The summed E-state index contributed by atoms with van der Waals surface area (Å²) >= 11 is 1.47. The number of hydrogen-bond acceptors (Lipinski definition) is 7. The fourth-order valence-corrected chi connectivity index (χ4v) is 3.30. The molecule has 8 heteroatoms. The van der Waals surface area contributed by atoms with Gasteiger partial charge in [-0.1, -0.05) is 13.8 Å². The van der Waals surface area contributed by atoms with Gasteiger partial charge in [0.05, 0.1) is 18.4 Å². The van der Waals surface area contributed by atoms with Gasteiger partial charge >= 0.3 is 0 Å². The van der Waals surface area contributed by atoms with Crippen LogP contribution in [0.1, 0.15) is 41.7 Å². The number of rotatable bonds is 5. The quantitative estimate of drug-likeness (QED) is 0.567. The maximum absolute atomic E-state index is 12.5. The Kier molecular flexibility index (Phi) is 4.64. The highest BCUT2D eigenvalue weighted by Gasteiger charge is 2.13. The molecule has 0 fully saturated rings. The summed E-state index contributed by atoms with van der Waals surface area (Å²) in [6, 6.07) is 5.25. The van der Waals surface area contributed by atoms with Gasteiger partial charge in [-0.25, -0.2) is 9.97 Å². The number of oxazole rings is 1. The Morgan fingerprint density at radius 2 is 2.15 bits per heavy atom. The molecule has 136 valence electrons. The first-order valence-electron chi connectivity index (χ1n) is 8.49. The second-order valence-electron chi connectivity index (χ2n) is 6.31. The van der Waals surface area contributed by atoms with E-state index in [1.54, 1.807) is 36.8 Å². The van der Waals surface area contributed by atoms with E-state index < -0.39 is 0 Å². The van der Waals surface area contributed by atoms with Crippen LogP contribution in [0.3, 0.4) is 0 Å². The first-order chi connectivity index (χ1) is 13.1. The molecule has 27 heavy (non-hydrogen) atoms. The van der Waals surface area contributed by atoms with Gasteiger partial charge in [-0.2, -0.15) is 0 Å². The predicted molar refractivity (Wildman–Crippen MR) is 102 cm³/mol. The molecule has 0 saturated heterocycles. The fraction of sp³-hybridized carbons (Fsp3) is 0.211. The molecule has 4 aromatic rings. The summed E-state index contributed by atoms with van der Waals surface area (Å²) in [5, 5.41) is 5.56. The number of carbonyl (C=O) groups is 1. The molecule has 3 heterocycles. The highest BCUT2D eigenvalue weighted by Crippen LogP contribution is 2.23. The molecule has 0 unspecified atom stereocenters. The number of benzene rings is 1. The van der Waals surface area contributed by atoms with E-state index in [1.807, 2.05) is 19.2 Å². The Hall–Kier alpha value is -3.13. The van der Waals surface area contributed by atoms with Gasteiger partial charge in [-0.05, 0) is 18.2 Å². The molecule has 1 aromatic carbocycles. The molecule has 0 aliphatic rings. The monoisotopic (exact) mass is 379 g/mol. The summed E-state index contributed by atoms with van der Waals surface area (Å²) in [6.07, 6.45) is 4.91. The van der Waals surface area contributed by atoms with Crippen LogP contribution in [0.2, 0.25) is 0 Å². The smallest absolute Gasteiger partial charge is 0.251 e. The molecule has 3 aromatic heterocycles. The van der Waals surface area contributed by atoms with Gasteiger partial charge in [0.1, 0.15) is 16.2 Å². The summed E-state index contributed by atoms with van der Waals surface area (Å²) in [7, 11) is 0. The van der Waals surface area contributed by atoms with Crippen LogP contribution >= 0.6 is 11.3 Å². The third-order valence-corrected chi connectivity index (χ3v) is 4.84. The van der Waals surface area contributed by atoms with E-state index in [4.69, 9.17) is 4.42 Å². The van der Waals surface area contributed by atoms with Crippen molar-refractivity contribution in [3.8, 4) is 10.7 Å². The first kappa shape index (κ1) is 17.3. The molecule has 0 saturated carbocycles. The molecule has 0 spiro atoms. The minimum atomic E-state index is -0.181. The zero-order valence-corrected chi connectivity index (χ0v) is 15.7. The zero-order chi connectivity index (χ0) is 18.8. The average molecular weight is 379 g/mol. The van der Waals surface area contributed by atoms with Gasteiger partial charge in [-0.3, -0.25) is 14.8 Å². The SMILES string of the molecule is CC(C)c1nc2cc(C(=O)NCc3csc(-c4cnccn4)n3)ccc2o1. The summed E-state index contributed by atoms with van der Waals surface area (Å²) in [5.74, 6) is 0.685. The standard InChI is InChI=1S/C19H17N5O2S/c1-11(2)18-24-14-7-12(3-4-16(14)26-18)17(25)22-8-13-10-27-19(23-13)15-9-20-5-6-21-15/h3-7,9-11H,8H2,1-2H3,(H,22,25). The molecule has 0 aliphatic carbocycles. The van der Waals surface area contributed by atoms with E-state index in [0.717, 1.165) is 16.4 Å². The summed E-state index contributed by atoms with van der Waals surface area (Å²) < 4.78 is 5.68. The van der Waals surface area contributed by atoms with Gasteiger partial charge in [0.15, 0.2) is 11.5 Å². The van der Waals surface area contributed by atoms with Crippen molar-refractivity contribution in [2.75, 3.05) is 0 Å². The third-order valence-electron chi connectivity index (χ3n) is 3.92. The first-order valence-corrected chi connectivity index (χ1v) is 9.37. The van der Waals surface area contributed by atoms with Crippen LogP contribution in [0.4, 0.5) is 0 Å². The number of nitrogens with one attached hydrogen (secondary N) is 1. The zero-order valence-electron chi connectivity index (χ0n) is 14.8. The highest BCUT2D eigenvalue weighted by atomic mass is 32.1. The molecule has 4 rings (SSSR count). The number of thiazole rings is 1. The third kappa shape index (κ3) is 3.70. The van der Waals surface area contributed by atoms with E-state index in [9.17, 15) is 4.79 Å². The molecule has 0 radical (unpaired) electrons. The molecule has 1 N–H and O–H groups in total. The van der Waals surface area contributed by atoms with E-state index in [0.29, 0.717) is 29.1 Å². The van der Waals surface area contributed by atoms with Crippen LogP contribution in [-0.2, 0) is 6.54 Å². The Labute approximate surface area is 159 Å². The lowest BCUT2D eigenvalue weighted by Crippen LogP contribution is -2.22. The van der Waals surface area contributed by atoms with Gasteiger partial charge in [0.25, 0.3) is 5.91 Å². The Morgan fingerprint density at radius 3 is 2.93 bits per heavy atom. The van der Waals surface area contributed by atoms with Crippen LogP contribution < -0.4 is 5.32 Å². The van der Waals surface area contributed by atoms with Crippen LogP contribution in [0.25, 0.3) is 21.8 Å². The Balaban J connectivity index is 1.45. The molecule has 1 amide bonds. The van der Waals surface area contributed by atoms with Crippen molar-refractivity contribution in [1.29, 1.82) is 0 Å². The van der Waals surface area contributed by atoms with E-state index >= 15 is 0 Å². The number of carbonyl (C=O) groups excluding carboxylic acids is 1. The van der Waals surface area contributed by atoms with Crippen molar-refractivity contribution in [2.45, 2.75) is 26.3 Å². The van der Waals surface area contributed by atoms with Crippen LogP contribution in [-0.4, -0.2) is 25.8 Å². The molecular weight excluding hydrogens is 362 g/mol. The minimum absolute atomic E-state index is 0.181. The van der Waals surface area contributed by atoms with E-state index in [-0.39, 0.29) is 11.8 Å². The minimum Gasteiger partial charge on any atom is -0.440 e. The van der Waals surface area contributed by atoms with Crippen LogP contribution in [0, 0.1) is 0 Å². The highest BCUT2D eigenvalue weighted by molar-refractivity contribution is 7.13. The summed E-state index contributed by atoms with van der Waals surface area (Å²) in [6.45, 7) is 4.37. The van der Waals surface area contributed by atoms with Crippen molar-refractivity contribution >= 4 is 28.3 Å². The van der Waals surface area contributed by atoms with Crippen LogP contribution in [0.15, 0.2) is 46.6 Å². The number of hydrogen-bond donors (Lipinski definition) is 1. The molecule has 0 atom stereocenters. The van der Waals surface area contributed by atoms with Gasteiger partial charge in [0, 0.05) is 29.3 Å². The maximum Gasteiger partial charge on any atom is 0.251 e. The number of fused-ring (bicyclic) bond motifs is 1. The van der Waals surface area contributed by atoms with Crippen LogP contribution in [0.5, 0.6) is 0 Å². The lowest BCUT2D eigenvalue weighted by Gasteiger charge is -2.03. The number of amides is 1.